The van der Waals surface area contributed by atoms with Crippen LogP contribution < -0.4 is 10.9 Å². The predicted molar refractivity (Wildman–Crippen MR) is 114 cm³/mol. The summed E-state index contributed by atoms with van der Waals surface area (Å²) in [7, 11) is 0. The molecule has 7 heteroatoms. The number of nitriles is 1. The summed E-state index contributed by atoms with van der Waals surface area (Å²) >= 11 is 1.41. The van der Waals surface area contributed by atoms with Crippen molar-refractivity contribution in [2.75, 3.05) is 5.32 Å². The summed E-state index contributed by atoms with van der Waals surface area (Å²) < 4.78 is 1.30. The molecule has 2 heterocycles. The third kappa shape index (κ3) is 3.79. The summed E-state index contributed by atoms with van der Waals surface area (Å²) in [5.74, 6) is -0.365. The van der Waals surface area contributed by atoms with Gasteiger partial charge in [0, 0.05) is 16.6 Å². The van der Waals surface area contributed by atoms with Gasteiger partial charge in [0.2, 0.25) is 5.91 Å². The summed E-state index contributed by atoms with van der Waals surface area (Å²) in [6.07, 6.45) is 1.39. The van der Waals surface area contributed by atoms with Crippen molar-refractivity contribution >= 4 is 33.1 Å². The number of aryl methyl sites for hydroxylation is 1. The maximum atomic E-state index is 13.0. The van der Waals surface area contributed by atoms with E-state index in [-0.39, 0.29) is 18.0 Å². The number of thiophene rings is 1. The van der Waals surface area contributed by atoms with E-state index in [9.17, 15) is 9.59 Å². The number of nitrogens with one attached hydrogen (secondary N) is 1. The van der Waals surface area contributed by atoms with Gasteiger partial charge in [0.05, 0.1) is 23.3 Å². The zero-order valence-electron chi connectivity index (χ0n) is 15.5. The van der Waals surface area contributed by atoms with Crippen LogP contribution in [0.5, 0.6) is 0 Å². The first kappa shape index (κ1) is 18.6. The minimum Gasteiger partial charge on any atom is -0.324 e. The van der Waals surface area contributed by atoms with E-state index in [1.54, 1.807) is 24.3 Å². The number of aromatic nitrogens is 2. The molecule has 29 heavy (non-hydrogen) atoms. The third-order valence-corrected chi connectivity index (χ3v) is 5.40. The Balaban J connectivity index is 1.64. The fourth-order valence-electron chi connectivity index (χ4n) is 3.05. The molecule has 0 atom stereocenters. The van der Waals surface area contributed by atoms with E-state index in [1.807, 2.05) is 42.6 Å². The minimum atomic E-state index is -0.365. The first-order valence-electron chi connectivity index (χ1n) is 8.89. The van der Waals surface area contributed by atoms with Gasteiger partial charge < -0.3 is 5.32 Å². The highest BCUT2D eigenvalue weighted by atomic mass is 32.1. The van der Waals surface area contributed by atoms with Gasteiger partial charge in [-0.25, -0.2) is 4.98 Å². The lowest BCUT2D eigenvalue weighted by molar-refractivity contribution is -0.116. The van der Waals surface area contributed by atoms with E-state index < -0.39 is 0 Å². The van der Waals surface area contributed by atoms with Crippen LogP contribution in [-0.2, 0) is 11.3 Å². The number of fused-ring (bicyclic) bond motifs is 1. The summed E-state index contributed by atoms with van der Waals surface area (Å²) in [6, 6.07) is 16.6. The second-order valence-electron chi connectivity index (χ2n) is 6.61. The molecule has 0 aliphatic rings. The highest BCUT2D eigenvalue weighted by Crippen LogP contribution is 2.30. The average Bonchev–Trinajstić information content (AvgIpc) is 3.16. The number of nitrogens with zero attached hydrogens (tertiary/aromatic N) is 3. The molecule has 1 amide bonds. The van der Waals surface area contributed by atoms with Gasteiger partial charge in [-0.2, -0.15) is 5.26 Å². The second kappa shape index (κ2) is 7.70. The van der Waals surface area contributed by atoms with Crippen molar-refractivity contribution in [1.29, 1.82) is 5.26 Å². The molecule has 0 aliphatic heterocycles. The summed E-state index contributed by atoms with van der Waals surface area (Å²) in [6.45, 7) is 1.84. The van der Waals surface area contributed by atoms with Crippen molar-refractivity contribution in [1.82, 2.24) is 9.55 Å². The molecule has 142 valence electrons. The Kier molecular flexibility index (Phi) is 4.94. The van der Waals surface area contributed by atoms with Crippen molar-refractivity contribution < 1.29 is 4.79 Å². The molecule has 2 aromatic carbocycles. The van der Waals surface area contributed by atoms with Crippen molar-refractivity contribution in [3.8, 4) is 17.2 Å². The number of rotatable bonds is 4. The molecule has 0 fully saturated rings. The number of amides is 1. The number of benzene rings is 2. The summed E-state index contributed by atoms with van der Waals surface area (Å²) in [4.78, 5) is 30.5. The molecule has 4 rings (SSSR count). The van der Waals surface area contributed by atoms with E-state index in [1.165, 1.54) is 22.2 Å². The molecule has 0 unspecified atom stereocenters. The van der Waals surface area contributed by atoms with Gasteiger partial charge in [-0.3, -0.25) is 14.2 Å². The molecule has 4 aromatic rings. The first-order chi connectivity index (χ1) is 14.0. The number of anilines is 1. The zero-order chi connectivity index (χ0) is 20.4. The van der Waals surface area contributed by atoms with E-state index in [2.05, 4.69) is 10.3 Å². The fourth-order valence-corrected chi connectivity index (χ4v) is 3.95. The van der Waals surface area contributed by atoms with Gasteiger partial charge in [0.25, 0.3) is 5.56 Å². The van der Waals surface area contributed by atoms with Crippen LogP contribution in [0, 0.1) is 18.3 Å². The van der Waals surface area contributed by atoms with Crippen molar-refractivity contribution in [2.45, 2.75) is 13.5 Å². The van der Waals surface area contributed by atoms with Gasteiger partial charge in [0.1, 0.15) is 11.4 Å². The van der Waals surface area contributed by atoms with Crippen molar-refractivity contribution in [3.63, 3.8) is 0 Å². The fraction of sp³-hybridized carbons (Fsp3) is 0.0909. The van der Waals surface area contributed by atoms with Crippen LogP contribution in [0.3, 0.4) is 0 Å². The molecular formula is C22H16N4O2S. The van der Waals surface area contributed by atoms with Gasteiger partial charge in [-0.15, -0.1) is 11.3 Å². The normalized spacial score (nSPS) is 10.6. The van der Waals surface area contributed by atoms with Crippen LogP contribution in [0.2, 0.25) is 0 Å². The Morgan fingerprint density at radius 3 is 2.79 bits per heavy atom. The lowest BCUT2D eigenvalue weighted by Crippen LogP contribution is -2.27. The van der Waals surface area contributed by atoms with Gasteiger partial charge >= 0.3 is 0 Å². The lowest BCUT2D eigenvalue weighted by atomic mass is 10.1. The Bertz CT molecular complexity index is 1310. The monoisotopic (exact) mass is 400 g/mol. The highest BCUT2D eigenvalue weighted by Gasteiger charge is 2.15. The van der Waals surface area contributed by atoms with Crippen LogP contribution >= 0.6 is 11.3 Å². The largest absolute Gasteiger partial charge is 0.324 e. The maximum Gasteiger partial charge on any atom is 0.263 e. The van der Waals surface area contributed by atoms with Gasteiger partial charge in [-0.05, 0) is 30.7 Å². The van der Waals surface area contributed by atoms with E-state index in [4.69, 9.17) is 5.26 Å². The van der Waals surface area contributed by atoms with E-state index >= 15 is 0 Å². The molecular weight excluding hydrogens is 384 g/mol. The first-order valence-corrected chi connectivity index (χ1v) is 9.77. The van der Waals surface area contributed by atoms with Crippen LogP contribution in [0.1, 0.15) is 11.1 Å². The number of hydrogen-bond donors (Lipinski definition) is 1. The summed E-state index contributed by atoms with van der Waals surface area (Å²) in [5, 5.41) is 14.1. The van der Waals surface area contributed by atoms with Crippen LogP contribution in [-0.4, -0.2) is 15.5 Å². The number of carbonyl (C=O) groups excluding carboxylic acids is 1. The maximum absolute atomic E-state index is 13.0. The summed E-state index contributed by atoms with van der Waals surface area (Å²) in [5.41, 5.74) is 3.60. The number of hydrogen-bond acceptors (Lipinski definition) is 5. The lowest BCUT2D eigenvalue weighted by Gasteiger charge is -2.08. The molecule has 0 bridgehead atoms. The Hall–Kier alpha value is -3.76. The molecule has 0 saturated carbocycles. The molecule has 1 N–H and O–H groups in total. The average molecular weight is 400 g/mol. The molecule has 0 spiro atoms. The molecule has 2 aromatic heterocycles. The minimum absolute atomic E-state index is 0.165. The van der Waals surface area contributed by atoms with E-state index in [0.29, 0.717) is 21.5 Å². The smallest absolute Gasteiger partial charge is 0.263 e. The zero-order valence-corrected chi connectivity index (χ0v) is 16.4. The standard InChI is InChI=1S/C22H16N4O2S/c1-14-5-7-16(8-6-14)18-12-29-21-20(18)22(28)26(13-24-21)11-19(27)25-17-4-2-3-15(9-17)10-23/h2-9,12-13H,11H2,1H3,(H,25,27). The molecule has 6 nitrogen and oxygen atoms in total. The Morgan fingerprint density at radius 2 is 2.03 bits per heavy atom. The highest BCUT2D eigenvalue weighted by molar-refractivity contribution is 7.17. The van der Waals surface area contributed by atoms with Crippen LogP contribution in [0.15, 0.2) is 65.0 Å². The van der Waals surface area contributed by atoms with E-state index in [0.717, 1.165) is 16.7 Å². The van der Waals surface area contributed by atoms with Crippen molar-refractivity contribution in [3.05, 3.63) is 81.7 Å². The Morgan fingerprint density at radius 1 is 1.24 bits per heavy atom. The predicted octanol–water partition coefficient (Wildman–Crippen LogP) is 3.94. The van der Waals surface area contributed by atoms with Crippen LogP contribution in [0.25, 0.3) is 21.3 Å². The van der Waals surface area contributed by atoms with Gasteiger partial charge in [-0.1, -0.05) is 35.9 Å². The SMILES string of the molecule is Cc1ccc(-c2csc3ncn(CC(=O)Nc4cccc(C#N)c4)c(=O)c23)cc1. The number of carbonyl (C=O) groups is 1. The van der Waals surface area contributed by atoms with Crippen molar-refractivity contribution in [2.24, 2.45) is 0 Å². The van der Waals surface area contributed by atoms with Crippen LogP contribution in [0.4, 0.5) is 5.69 Å². The second-order valence-corrected chi connectivity index (χ2v) is 7.47. The van der Waals surface area contributed by atoms with Gasteiger partial charge in [0.15, 0.2) is 0 Å². The molecule has 0 radical (unpaired) electrons. The topological polar surface area (TPSA) is 87.8 Å². The Labute approximate surface area is 170 Å². The molecule has 0 aliphatic carbocycles. The molecule has 0 saturated heterocycles. The third-order valence-electron chi connectivity index (χ3n) is 4.51. The quantitative estimate of drug-likeness (QED) is 0.562.